The SMILES string of the molecule is O=P1(c2ccccc2)c2c(sc3ccccc23)-c2cccc3cccc1c23. The van der Waals surface area contributed by atoms with Gasteiger partial charge in [-0.2, -0.15) is 0 Å². The van der Waals surface area contributed by atoms with E-state index in [1.807, 2.05) is 42.5 Å². The van der Waals surface area contributed by atoms with Crippen LogP contribution in [0, 0.1) is 0 Å². The zero-order valence-corrected chi connectivity index (χ0v) is 16.1. The molecule has 6 rings (SSSR count). The first kappa shape index (κ1) is 15.4. The highest BCUT2D eigenvalue weighted by molar-refractivity contribution is 7.87. The van der Waals surface area contributed by atoms with Crippen molar-refractivity contribution in [1.82, 2.24) is 0 Å². The molecule has 27 heavy (non-hydrogen) atoms. The Labute approximate surface area is 161 Å². The lowest BCUT2D eigenvalue weighted by molar-refractivity contribution is 0.593. The first-order chi connectivity index (χ1) is 13.3. The molecule has 0 fully saturated rings. The summed E-state index contributed by atoms with van der Waals surface area (Å²) in [6, 6.07) is 31.0. The van der Waals surface area contributed by atoms with Gasteiger partial charge in [0, 0.05) is 41.8 Å². The fourth-order valence-corrected chi connectivity index (χ4v) is 9.23. The van der Waals surface area contributed by atoms with Crippen molar-refractivity contribution in [2.75, 3.05) is 0 Å². The van der Waals surface area contributed by atoms with E-state index in [1.54, 1.807) is 11.3 Å². The molecule has 0 saturated heterocycles. The summed E-state index contributed by atoms with van der Waals surface area (Å²) < 4.78 is 16.1. The Balaban J connectivity index is 1.91. The predicted molar refractivity (Wildman–Crippen MR) is 118 cm³/mol. The highest BCUT2D eigenvalue weighted by atomic mass is 32.1. The smallest absolute Gasteiger partial charge is 0.173 e. The van der Waals surface area contributed by atoms with E-state index in [0.717, 1.165) is 36.9 Å². The number of hydrogen-bond acceptors (Lipinski definition) is 2. The number of hydrogen-bond donors (Lipinski definition) is 0. The molecule has 1 aromatic heterocycles. The topological polar surface area (TPSA) is 17.1 Å². The van der Waals surface area contributed by atoms with Crippen LogP contribution in [0.15, 0.2) is 91.0 Å². The summed E-state index contributed by atoms with van der Waals surface area (Å²) >= 11 is 1.76. The van der Waals surface area contributed by atoms with E-state index >= 15 is 0 Å². The Morgan fingerprint density at radius 2 is 1.44 bits per heavy atom. The quantitative estimate of drug-likeness (QED) is 0.335. The Morgan fingerprint density at radius 1 is 0.704 bits per heavy atom. The number of fused-ring (bicyclic) bond motifs is 4. The van der Waals surface area contributed by atoms with E-state index in [2.05, 4.69) is 48.5 Å². The summed E-state index contributed by atoms with van der Waals surface area (Å²) in [5.74, 6) is 0. The van der Waals surface area contributed by atoms with Crippen molar-refractivity contribution in [2.24, 2.45) is 0 Å². The zero-order valence-electron chi connectivity index (χ0n) is 14.4. The third kappa shape index (κ3) is 1.92. The molecule has 1 nitrogen and oxygen atoms in total. The van der Waals surface area contributed by atoms with Gasteiger partial charge in [0.15, 0.2) is 7.14 Å². The second kappa shape index (κ2) is 5.42. The first-order valence-corrected chi connectivity index (χ1v) is 11.5. The van der Waals surface area contributed by atoms with E-state index < -0.39 is 7.14 Å². The minimum absolute atomic E-state index is 0.914. The van der Waals surface area contributed by atoms with E-state index in [9.17, 15) is 4.57 Å². The maximum atomic E-state index is 14.9. The number of rotatable bonds is 1. The largest absolute Gasteiger partial charge is 0.309 e. The molecular formula is C24H15OPS. The molecule has 5 aromatic rings. The molecule has 1 atom stereocenters. The van der Waals surface area contributed by atoms with Crippen LogP contribution >= 0.6 is 18.5 Å². The summed E-state index contributed by atoms with van der Waals surface area (Å²) in [6.07, 6.45) is 0. The van der Waals surface area contributed by atoms with E-state index in [4.69, 9.17) is 0 Å². The summed E-state index contributed by atoms with van der Waals surface area (Å²) in [5.41, 5.74) is 1.21. The normalized spacial score (nSPS) is 17.9. The van der Waals surface area contributed by atoms with Crippen molar-refractivity contribution < 1.29 is 4.57 Å². The van der Waals surface area contributed by atoms with Gasteiger partial charge in [0.1, 0.15) is 0 Å². The van der Waals surface area contributed by atoms with Crippen LogP contribution in [0.5, 0.6) is 0 Å². The molecule has 4 aromatic carbocycles. The van der Waals surface area contributed by atoms with E-state index in [0.29, 0.717) is 0 Å². The van der Waals surface area contributed by atoms with Gasteiger partial charge in [0.05, 0.1) is 0 Å². The number of thiophene rings is 1. The van der Waals surface area contributed by atoms with Crippen LogP contribution in [0.1, 0.15) is 0 Å². The Bertz CT molecular complexity index is 1390. The van der Waals surface area contributed by atoms with Gasteiger partial charge in [-0.1, -0.05) is 84.9 Å². The average Bonchev–Trinajstić information content (AvgIpc) is 3.13. The molecule has 1 aliphatic rings. The lowest BCUT2D eigenvalue weighted by atomic mass is 10.0. The predicted octanol–water partition coefficient (Wildman–Crippen LogP) is 5.67. The lowest BCUT2D eigenvalue weighted by Gasteiger charge is -2.27. The summed E-state index contributed by atoms with van der Waals surface area (Å²) in [4.78, 5) is 1.16. The minimum atomic E-state index is -2.95. The summed E-state index contributed by atoms with van der Waals surface area (Å²) in [7, 11) is -2.95. The molecule has 0 saturated carbocycles. The van der Waals surface area contributed by atoms with Gasteiger partial charge in [-0.25, -0.2) is 0 Å². The molecule has 1 aliphatic heterocycles. The van der Waals surface area contributed by atoms with Crippen LogP contribution in [0.3, 0.4) is 0 Å². The molecule has 1 unspecified atom stereocenters. The van der Waals surface area contributed by atoms with E-state index in [-0.39, 0.29) is 0 Å². The van der Waals surface area contributed by atoms with Crippen LogP contribution in [-0.4, -0.2) is 0 Å². The zero-order chi connectivity index (χ0) is 18.0. The summed E-state index contributed by atoms with van der Waals surface area (Å²) in [6.45, 7) is 0. The Kier molecular flexibility index (Phi) is 3.09. The molecule has 128 valence electrons. The third-order valence-electron chi connectivity index (χ3n) is 5.47. The van der Waals surface area contributed by atoms with Gasteiger partial charge in [0.25, 0.3) is 0 Å². The highest BCUT2D eigenvalue weighted by Crippen LogP contribution is 2.55. The second-order valence-electron chi connectivity index (χ2n) is 6.90. The highest BCUT2D eigenvalue weighted by Gasteiger charge is 2.40. The van der Waals surface area contributed by atoms with Crippen LogP contribution in [0.4, 0.5) is 0 Å². The van der Waals surface area contributed by atoms with Crippen molar-refractivity contribution in [2.45, 2.75) is 0 Å². The average molecular weight is 382 g/mol. The molecule has 0 aliphatic carbocycles. The van der Waals surface area contributed by atoms with Gasteiger partial charge in [0.2, 0.25) is 0 Å². The van der Waals surface area contributed by atoms with Crippen LogP contribution in [-0.2, 0) is 4.57 Å². The van der Waals surface area contributed by atoms with Gasteiger partial charge in [-0.15, -0.1) is 11.3 Å². The molecular weight excluding hydrogens is 367 g/mol. The Morgan fingerprint density at radius 3 is 2.30 bits per heavy atom. The lowest BCUT2D eigenvalue weighted by Crippen LogP contribution is -2.29. The maximum absolute atomic E-state index is 14.9. The fraction of sp³-hybridized carbons (Fsp3) is 0. The second-order valence-corrected chi connectivity index (χ2v) is 10.6. The van der Waals surface area contributed by atoms with Crippen LogP contribution in [0.2, 0.25) is 0 Å². The molecule has 0 bridgehead atoms. The van der Waals surface area contributed by atoms with Crippen molar-refractivity contribution in [3.8, 4) is 10.4 Å². The molecule has 0 N–H and O–H groups in total. The Hall–Kier alpha value is -2.67. The van der Waals surface area contributed by atoms with Crippen molar-refractivity contribution in [1.29, 1.82) is 0 Å². The maximum Gasteiger partial charge on any atom is 0.173 e. The molecule has 0 amide bonds. The van der Waals surface area contributed by atoms with Crippen LogP contribution in [0.25, 0.3) is 31.3 Å². The van der Waals surface area contributed by atoms with Gasteiger partial charge in [-0.05, 0) is 11.5 Å². The fourth-order valence-electron chi connectivity index (χ4n) is 4.33. The van der Waals surface area contributed by atoms with Crippen LogP contribution < -0.4 is 15.9 Å². The molecule has 0 spiro atoms. The van der Waals surface area contributed by atoms with Crippen molar-refractivity contribution in [3.05, 3.63) is 91.0 Å². The van der Waals surface area contributed by atoms with Gasteiger partial charge < -0.3 is 4.57 Å². The standard InChI is InChI=1S/C24H15OPS/c25-26(17-10-2-1-3-11-17)20-14-7-9-16-8-6-13-19(22(16)20)24-23(26)18-12-4-5-15-21(18)27-24/h1-15H. The van der Waals surface area contributed by atoms with Gasteiger partial charge >= 0.3 is 0 Å². The van der Waals surface area contributed by atoms with Crippen molar-refractivity contribution in [3.63, 3.8) is 0 Å². The van der Waals surface area contributed by atoms with Gasteiger partial charge in [-0.3, -0.25) is 0 Å². The third-order valence-corrected chi connectivity index (χ3v) is 10.00. The first-order valence-electron chi connectivity index (χ1n) is 8.99. The van der Waals surface area contributed by atoms with E-state index in [1.165, 1.54) is 10.3 Å². The number of benzene rings is 4. The summed E-state index contributed by atoms with van der Waals surface area (Å²) in [5, 5.41) is 6.32. The monoisotopic (exact) mass is 382 g/mol. The molecule has 2 heterocycles. The molecule has 0 radical (unpaired) electrons. The minimum Gasteiger partial charge on any atom is -0.309 e. The molecule has 3 heteroatoms. The van der Waals surface area contributed by atoms with Crippen molar-refractivity contribution >= 4 is 55.3 Å².